The second-order valence-corrected chi connectivity index (χ2v) is 12.0. The highest BCUT2D eigenvalue weighted by Gasteiger charge is 2.21. The normalized spacial score (nSPS) is 12.2. The molecule has 0 N–H and O–H groups in total. The van der Waals surface area contributed by atoms with Crippen LogP contribution in [0.25, 0.3) is 77.2 Å². The van der Waals surface area contributed by atoms with Crippen molar-refractivity contribution in [3.63, 3.8) is 0 Å². The molecule has 8 aromatic rings. The smallest absolute Gasteiger partial charge is 0.135 e. The van der Waals surface area contributed by atoms with Gasteiger partial charge < -0.3 is 4.42 Å². The molecule has 0 fully saturated rings. The van der Waals surface area contributed by atoms with E-state index in [1.54, 1.807) is 0 Å². The molecule has 42 heavy (non-hydrogen) atoms. The van der Waals surface area contributed by atoms with Gasteiger partial charge in [0, 0.05) is 26.3 Å². The van der Waals surface area contributed by atoms with Crippen LogP contribution in [0.4, 0.5) is 0 Å². The van der Waals surface area contributed by atoms with E-state index in [9.17, 15) is 0 Å². The van der Waals surface area contributed by atoms with Gasteiger partial charge in [0.2, 0.25) is 0 Å². The van der Waals surface area contributed by atoms with Crippen LogP contribution in [0, 0.1) is 0 Å². The van der Waals surface area contributed by atoms with Crippen LogP contribution in [-0.2, 0) is 0 Å². The van der Waals surface area contributed by atoms with Crippen molar-refractivity contribution in [3.8, 4) is 44.9 Å². The summed E-state index contributed by atoms with van der Waals surface area (Å²) in [6.45, 7) is 0. The molecule has 1 aromatic heterocycles. The van der Waals surface area contributed by atoms with Gasteiger partial charge in [-0.15, -0.1) is 0 Å². The maximum atomic E-state index is 6.52. The van der Waals surface area contributed by atoms with Crippen LogP contribution in [0.3, 0.4) is 0 Å². The Labute approximate surface area is 248 Å². The van der Waals surface area contributed by atoms with Gasteiger partial charge >= 0.3 is 0 Å². The van der Waals surface area contributed by atoms with Crippen molar-refractivity contribution in [2.24, 2.45) is 0 Å². The number of benzene rings is 7. The molecule has 1 aliphatic heterocycles. The fourth-order valence-electron chi connectivity index (χ4n) is 6.54. The third-order valence-electron chi connectivity index (χ3n) is 8.54. The van der Waals surface area contributed by atoms with Gasteiger partial charge in [0.15, 0.2) is 0 Å². The standard InChI is InChI=1S/C40H24OS/c1-2-8-28-25(7-1)19-20-31-29(10-5-11-30(28)31)26-15-17-27(18-16-26)36-22-23-37(41-36)32-21-24-39-40-34(32)12-6-13-35(40)33-9-3-4-14-38(33)42-39/h1-24H. The first-order chi connectivity index (χ1) is 20.8. The summed E-state index contributed by atoms with van der Waals surface area (Å²) in [6, 6.07) is 52.4. The lowest BCUT2D eigenvalue weighted by atomic mass is 9.94. The predicted octanol–water partition coefficient (Wildman–Crippen LogP) is 11.9. The number of fused-ring (bicyclic) bond motifs is 5. The molecule has 2 heterocycles. The largest absolute Gasteiger partial charge is 0.456 e. The van der Waals surface area contributed by atoms with Crippen molar-refractivity contribution in [1.82, 2.24) is 0 Å². The molecule has 0 unspecified atom stereocenters. The number of furan rings is 1. The van der Waals surface area contributed by atoms with E-state index < -0.39 is 0 Å². The molecule has 196 valence electrons. The van der Waals surface area contributed by atoms with Crippen LogP contribution in [0.15, 0.2) is 160 Å². The molecule has 1 aliphatic rings. The Hall–Kier alpha value is -5.05. The molecule has 2 heteroatoms. The van der Waals surface area contributed by atoms with Gasteiger partial charge in [-0.25, -0.2) is 0 Å². The molecule has 0 bridgehead atoms. The van der Waals surface area contributed by atoms with Crippen molar-refractivity contribution in [1.29, 1.82) is 0 Å². The summed E-state index contributed by atoms with van der Waals surface area (Å²) in [6.07, 6.45) is 0. The second kappa shape index (κ2) is 9.24. The molecule has 9 rings (SSSR count). The minimum absolute atomic E-state index is 0.876. The van der Waals surface area contributed by atoms with E-state index in [1.807, 2.05) is 11.8 Å². The molecule has 0 aliphatic carbocycles. The van der Waals surface area contributed by atoms with Gasteiger partial charge in [-0.3, -0.25) is 0 Å². The molecule has 0 atom stereocenters. The highest BCUT2D eigenvalue weighted by Crippen LogP contribution is 2.49. The molecule has 0 amide bonds. The van der Waals surface area contributed by atoms with Gasteiger partial charge in [-0.2, -0.15) is 0 Å². The summed E-state index contributed by atoms with van der Waals surface area (Å²) in [5.74, 6) is 1.77. The fourth-order valence-corrected chi connectivity index (χ4v) is 7.67. The van der Waals surface area contributed by atoms with Crippen LogP contribution in [0.5, 0.6) is 0 Å². The number of hydrogen-bond acceptors (Lipinski definition) is 2. The number of hydrogen-bond donors (Lipinski definition) is 0. The van der Waals surface area contributed by atoms with Crippen molar-refractivity contribution < 1.29 is 4.42 Å². The summed E-state index contributed by atoms with van der Waals surface area (Å²) in [4.78, 5) is 2.61. The summed E-state index contributed by atoms with van der Waals surface area (Å²) in [5, 5.41) is 7.65. The lowest BCUT2D eigenvalue weighted by molar-refractivity contribution is 0.598. The van der Waals surface area contributed by atoms with Crippen LogP contribution in [0.1, 0.15) is 0 Å². The van der Waals surface area contributed by atoms with Crippen LogP contribution in [0.2, 0.25) is 0 Å². The van der Waals surface area contributed by atoms with Crippen molar-refractivity contribution in [2.45, 2.75) is 9.79 Å². The number of rotatable bonds is 3. The highest BCUT2D eigenvalue weighted by molar-refractivity contribution is 7.99. The van der Waals surface area contributed by atoms with Crippen LogP contribution >= 0.6 is 11.8 Å². The minimum atomic E-state index is 0.876. The molecule has 0 saturated heterocycles. The first-order valence-electron chi connectivity index (χ1n) is 14.3. The molecule has 0 spiro atoms. The van der Waals surface area contributed by atoms with Crippen LogP contribution < -0.4 is 0 Å². The Kier molecular flexibility index (Phi) is 5.20. The average Bonchev–Trinajstić information content (AvgIpc) is 3.55. The Morgan fingerprint density at radius 1 is 0.357 bits per heavy atom. The zero-order valence-electron chi connectivity index (χ0n) is 22.7. The third kappa shape index (κ3) is 3.59. The molecular formula is C40H24OS. The first kappa shape index (κ1) is 23.6. The summed E-state index contributed by atoms with van der Waals surface area (Å²) < 4.78 is 6.52. The van der Waals surface area contributed by atoms with Crippen LogP contribution in [-0.4, -0.2) is 0 Å². The lowest BCUT2D eigenvalue weighted by Gasteiger charge is -2.21. The molecule has 7 aromatic carbocycles. The molecule has 0 radical (unpaired) electrons. The summed E-state index contributed by atoms with van der Waals surface area (Å²) in [7, 11) is 0. The zero-order valence-corrected chi connectivity index (χ0v) is 23.5. The Morgan fingerprint density at radius 3 is 2.00 bits per heavy atom. The van der Waals surface area contributed by atoms with E-state index in [0.29, 0.717) is 0 Å². The highest BCUT2D eigenvalue weighted by atomic mass is 32.2. The van der Waals surface area contributed by atoms with E-state index in [4.69, 9.17) is 4.42 Å². The Balaban J connectivity index is 1.09. The molecular weight excluding hydrogens is 529 g/mol. The third-order valence-corrected chi connectivity index (χ3v) is 9.67. The van der Waals surface area contributed by atoms with Gasteiger partial charge in [0.25, 0.3) is 0 Å². The SMILES string of the molecule is c1ccc2c(c1)Sc1ccc(-c3ccc(-c4ccc(-c5cccc6c5ccc5ccccc56)cc4)o3)c3cccc-2c13. The first-order valence-corrected chi connectivity index (χ1v) is 15.1. The van der Waals surface area contributed by atoms with Gasteiger partial charge in [0.05, 0.1) is 0 Å². The zero-order chi connectivity index (χ0) is 27.6. The predicted molar refractivity (Wildman–Crippen MR) is 177 cm³/mol. The average molecular weight is 553 g/mol. The van der Waals surface area contributed by atoms with Crippen molar-refractivity contribution in [2.75, 3.05) is 0 Å². The lowest BCUT2D eigenvalue weighted by Crippen LogP contribution is -1.93. The van der Waals surface area contributed by atoms with E-state index in [-0.39, 0.29) is 0 Å². The second-order valence-electron chi connectivity index (χ2n) is 10.9. The maximum Gasteiger partial charge on any atom is 0.135 e. The van der Waals surface area contributed by atoms with E-state index in [1.165, 1.54) is 64.4 Å². The molecule has 1 nitrogen and oxygen atoms in total. The Morgan fingerprint density at radius 2 is 1.07 bits per heavy atom. The minimum Gasteiger partial charge on any atom is -0.456 e. The summed E-state index contributed by atoms with van der Waals surface area (Å²) in [5.41, 5.74) is 7.24. The van der Waals surface area contributed by atoms with Gasteiger partial charge in [-0.05, 0) is 79.5 Å². The van der Waals surface area contributed by atoms with E-state index in [2.05, 4.69) is 146 Å². The molecule has 0 saturated carbocycles. The quantitative estimate of drug-likeness (QED) is 0.202. The van der Waals surface area contributed by atoms with Gasteiger partial charge in [-0.1, -0.05) is 127 Å². The summed E-state index contributed by atoms with van der Waals surface area (Å²) >= 11 is 1.85. The maximum absolute atomic E-state index is 6.52. The van der Waals surface area contributed by atoms with Crippen molar-refractivity contribution in [3.05, 3.63) is 146 Å². The van der Waals surface area contributed by atoms with E-state index in [0.717, 1.165) is 22.6 Å². The fraction of sp³-hybridized carbons (Fsp3) is 0. The van der Waals surface area contributed by atoms with Crippen molar-refractivity contribution >= 4 is 44.1 Å². The van der Waals surface area contributed by atoms with Gasteiger partial charge in [0.1, 0.15) is 11.5 Å². The van der Waals surface area contributed by atoms with E-state index >= 15 is 0 Å². The Bertz CT molecular complexity index is 2320. The monoisotopic (exact) mass is 552 g/mol. The topological polar surface area (TPSA) is 13.1 Å².